The molecule has 4 aromatic rings. The standard InChI is InChI=1S/C26H25N5O3S/c32-24(31-21(22-11-6-14-33-22)16-19(28-31)23-12-7-15-35-23)17-30-13-5-4-10-20(30)26-27-25(29-34-26)18-8-2-1-3-9-18/h1-3,6-9,11-12,14-15,20-21H,4-5,10,13,16-17H2/t20-,21+/m0/s1. The van der Waals surface area contributed by atoms with Gasteiger partial charge in [0.05, 0.1) is 29.4 Å². The molecular weight excluding hydrogens is 462 g/mol. The van der Waals surface area contributed by atoms with Crippen molar-refractivity contribution in [1.82, 2.24) is 20.0 Å². The molecule has 35 heavy (non-hydrogen) atoms. The van der Waals surface area contributed by atoms with Gasteiger partial charge in [-0.3, -0.25) is 9.69 Å². The Kier molecular flexibility index (Phi) is 6.01. The van der Waals surface area contributed by atoms with Gasteiger partial charge in [-0.15, -0.1) is 11.3 Å². The molecular formula is C26H25N5O3S. The Morgan fingerprint density at radius 3 is 2.77 bits per heavy atom. The van der Waals surface area contributed by atoms with Crippen molar-refractivity contribution in [2.75, 3.05) is 13.1 Å². The van der Waals surface area contributed by atoms with E-state index in [4.69, 9.17) is 14.0 Å². The van der Waals surface area contributed by atoms with Crippen LogP contribution in [0.5, 0.6) is 0 Å². The van der Waals surface area contributed by atoms with Crippen LogP contribution in [0.4, 0.5) is 0 Å². The van der Waals surface area contributed by atoms with Crippen molar-refractivity contribution in [3.05, 3.63) is 82.8 Å². The first-order chi connectivity index (χ1) is 17.3. The van der Waals surface area contributed by atoms with Gasteiger partial charge in [0, 0.05) is 12.0 Å². The highest BCUT2D eigenvalue weighted by molar-refractivity contribution is 7.12. The summed E-state index contributed by atoms with van der Waals surface area (Å²) in [5, 5.41) is 12.6. The van der Waals surface area contributed by atoms with Gasteiger partial charge in [0.1, 0.15) is 11.8 Å². The first-order valence-corrected chi connectivity index (χ1v) is 12.7. The van der Waals surface area contributed by atoms with E-state index in [0.29, 0.717) is 18.1 Å². The van der Waals surface area contributed by atoms with Gasteiger partial charge in [-0.1, -0.05) is 48.0 Å². The number of carbonyl (C=O) groups is 1. The lowest BCUT2D eigenvalue weighted by atomic mass is 10.0. The molecule has 5 heterocycles. The first-order valence-electron chi connectivity index (χ1n) is 11.9. The fourth-order valence-electron chi connectivity index (χ4n) is 4.82. The number of likely N-dealkylation sites (tertiary alicyclic amines) is 1. The maximum Gasteiger partial charge on any atom is 0.257 e. The third kappa shape index (κ3) is 4.44. The van der Waals surface area contributed by atoms with E-state index in [-0.39, 0.29) is 24.5 Å². The molecule has 0 radical (unpaired) electrons. The predicted molar refractivity (Wildman–Crippen MR) is 132 cm³/mol. The molecule has 2 aliphatic heterocycles. The number of furan rings is 1. The van der Waals surface area contributed by atoms with Crippen molar-refractivity contribution in [2.45, 2.75) is 37.8 Å². The zero-order valence-corrected chi connectivity index (χ0v) is 19.9. The van der Waals surface area contributed by atoms with Gasteiger partial charge >= 0.3 is 0 Å². The molecule has 3 aromatic heterocycles. The fraction of sp³-hybridized carbons (Fsp3) is 0.308. The Morgan fingerprint density at radius 1 is 1.06 bits per heavy atom. The van der Waals surface area contributed by atoms with Crippen molar-refractivity contribution in [1.29, 1.82) is 0 Å². The highest BCUT2D eigenvalue weighted by Gasteiger charge is 2.38. The Morgan fingerprint density at radius 2 is 1.97 bits per heavy atom. The molecule has 0 bridgehead atoms. The summed E-state index contributed by atoms with van der Waals surface area (Å²) in [4.78, 5) is 21.5. The molecule has 2 atom stereocenters. The van der Waals surface area contributed by atoms with E-state index in [1.165, 1.54) is 0 Å². The average molecular weight is 488 g/mol. The monoisotopic (exact) mass is 487 g/mol. The molecule has 0 N–H and O–H groups in total. The van der Waals surface area contributed by atoms with E-state index in [1.807, 2.05) is 60.0 Å². The van der Waals surface area contributed by atoms with E-state index < -0.39 is 0 Å². The molecule has 1 amide bonds. The molecule has 1 saturated heterocycles. The molecule has 1 aromatic carbocycles. The van der Waals surface area contributed by atoms with Crippen LogP contribution in [0, 0.1) is 0 Å². The maximum atomic E-state index is 13.6. The summed E-state index contributed by atoms with van der Waals surface area (Å²) >= 11 is 1.63. The molecule has 0 unspecified atom stereocenters. The first kappa shape index (κ1) is 21.9. The van der Waals surface area contributed by atoms with Gasteiger partial charge in [-0.2, -0.15) is 10.1 Å². The van der Waals surface area contributed by atoms with Gasteiger partial charge in [-0.25, -0.2) is 5.01 Å². The minimum absolute atomic E-state index is 0.0624. The number of aromatic nitrogens is 2. The number of hydrogen-bond acceptors (Lipinski definition) is 8. The van der Waals surface area contributed by atoms with E-state index in [2.05, 4.69) is 15.0 Å². The Labute approximate surface area is 206 Å². The van der Waals surface area contributed by atoms with E-state index in [1.54, 1.807) is 22.6 Å². The number of carbonyl (C=O) groups excluding carboxylic acids is 1. The summed E-state index contributed by atoms with van der Waals surface area (Å²) in [6, 6.07) is 17.2. The second-order valence-corrected chi connectivity index (χ2v) is 9.75. The largest absolute Gasteiger partial charge is 0.467 e. The summed E-state index contributed by atoms with van der Waals surface area (Å²) in [5.41, 5.74) is 1.82. The van der Waals surface area contributed by atoms with Gasteiger partial charge < -0.3 is 8.94 Å². The number of nitrogens with zero attached hydrogens (tertiary/aromatic N) is 5. The fourth-order valence-corrected chi connectivity index (χ4v) is 5.54. The molecule has 2 aliphatic rings. The molecule has 0 aliphatic carbocycles. The molecule has 9 heteroatoms. The summed E-state index contributed by atoms with van der Waals surface area (Å²) in [6.45, 7) is 1.02. The van der Waals surface area contributed by atoms with Crippen LogP contribution in [0.15, 0.2) is 80.3 Å². The lowest BCUT2D eigenvalue weighted by Gasteiger charge is -2.33. The van der Waals surface area contributed by atoms with Gasteiger partial charge in [0.2, 0.25) is 11.7 Å². The molecule has 178 valence electrons. The topological polar surface area (TPSA) is 88.0 Å². The van der Waals surface area contributed by atoms with Gasteiger partial charge in [0.25, 0.3) is 5.91 Å². The summed E-state index contributed by atoms with van der Waals surface area (Å²) in [6.07, 6.45) is 5.22. The number of thiophene rings is 1. The summed E-state index contributed by atoms with van der Waals surface area (Å²) in [5.74, 6) is 1.81. The summed E-state index contributed by atoms with van der Waals surface area (Å²) < 4.78 is 11.4. The molecule has 1 fully saturated rings. The minimum atomic E-state index is -0.245. The van der Waals surface area contributed by atoms with Crippen molar-refractivity contribution < 1.29 is 13.7 Å². The van der Waals surface area contributed by atoms with Crippen molar-refractivity contribution in [2.24, 2.45) is 5.10 Å². The van der Waals surface area contributed by atoms with Crippen LogP contribution in [-0.2, 0) is 4.79 Å². The second kappa shape index (κ2) is 9.59. The molecule has 6 rings (SSSR count). The van der Waals surface area contributed by atoms with Gasteiger partial charge in [0.15, 0.2) is 0 Å². The van der Waals surface area contributed by atoms with Crippen molar-refractivity contribution >= 4 is 23.0 Å². The number of benzene rings is 1. The van der Waals surface area contributed by atoms with Crippen LogP contribution < -0.4 is 0 Å². The van der Waals surface area contributed by atoms with Crippen molar-refractivity contribution in [3.8, 4) is 11.4 Å². The van der Waals surface area contributed by atoms with E-state index in [0.717, 1.165) is 47.7 Å². The van der Waals surface area contributed by atoms with Gasteiger partial charge in [-0.05, 0) is 43.0 Å². The number of hydrazone groups is 1. The number of hydrogen-bond donors (Lipinski definition) is 0. The van der Waals surface area contributed by atoms with Crippen LogP contribution in [-0.4, -0.2) is 44.8 Å². The van der Waals surface area contributed by atoms with Crippen LogP contribution >= 0.6 is 11.3 Å². The lowest BCUT2D eigenvalue weighted by molar-refractivity contribution is -0.135. The SMILES string of the molecule is O=C(CN1CCCC[C@H]1c1nc(-c2ccccc2)no1)N1N=C(c2cccs2)C[C@@H]1c1ccco1. The minimum Gasteiger partial charge on any atom is -0.467 e. The Bertz CT molecular complexity index is 1300. The van der Waals surface area contributed by atoms with Crippen LogP contribution in [0.3, 0.4) is 0 Å². The normalized spacial score (nSPS) is 20.8. The van der Waals surface area contributed by atoms with Crippen LogP contribution in [0.2, 0.25) is 0 Å². The van der Waals surface area contributed by atoms with Crippen molar-refractivity contribution in [3.63, 3.8) is 0 Å². The number of amides is 1. The number of piperidine rings is 1. The number of rotatable bonds is 6. The Hall–Kier alpha value is -3.56. The van der Waals surface area contributed by atoms with E-state index >= 15 is 0 Å². The molecule has 8 nitrogen and oxygen atoms in total. The highest BCUT2D eigenvalue weighted by Crippen LogP contribution is 2.36. The third-order valence-corrected chi connectivity index (χ3v) is 7.47. The summed E-state index contributed by atoms with van der Waals surface area (Å²) in [7, 11) is 0. The lowest BCUT2D eigenvalue weighted by Crippen LogP contribution is -2.42. The highest BCUT2D eigenvalue weighted by atomic mass is 32.1. The van der Waals surface area contributed by atoms with Crippen LogP contribution in [0.25, 0.3) is 11.4 Å². The third-order valence-electron chi connectivity index (χ3n) is 6.55. The smallest absolute Gasteiger partial charge is 0.257 e. The zero-order chi connectivity index (χ0) is 23.6. The average Bonchev–Trinajstić information content (AvgIpc) is 3.71. The molecule has 0 saturated carbocycles. The quantitative estimate of drug-likeness (QED) is 0.367. The van der Waals surface area contributed by atoms with Crippen LogP contribution in [0.1, 0.15) is 54.3 Å². The predicted octanol–water partition coefficient (Wildman–Crippen LogP) is 5.30. The second-order valence-electron chi connectivity index (χ2n) is 8.80. The van der Waals surface area contributed by atoms with E-state index in [9.17, 15) is 4.79 Å². The molecule has 0 spiro atoms. The zero-order valence-electron chi connectivity index (χ0n) is 19.1. The Balaban J connectivity index is 1.23. The maximum absolute atomic E-state index is 13.6.